The highest BCUT2D eigenvalue weighted by atomic mass is 14.7. The van der Waals surface area contributed by atoms with Crippen LogP contribution in [0.5, 0.6) is 0 Å². The van der Waals surface area contributed by atoms with Gasteiger partial charge in [0, 0.05) is 11.5 Å². The van der Waals surface area contributed by atoms with Crippen molar-refractivity contribution in [3.63, 3.8) is 0 Å². The van der Waals surface area contributed by atoms with E-state index in [1.807, 2.05) is 18.2 Å². The molecule has 1 rings (SSSR count). The Kier molecular flexibility index (Phi) is 1.45. The lowest BCUT2D eigenvalue weighted by atomic mass is 9.82. The van der Waals surface area contributed by atoms with Crippen molar-refractivity contribution < 1.29 is 0 Å². The third-order valence-electron chi connectivity index (χ3n) is 1.81. The highest BCUT2D eigenvalue weighted by molar-refractivity contribution is 5.20. The molecule has 0 aromatic carbocycles. The molecule has 50 valence electrons. The Labute approximate surface area is 56.2 Å². The zero-order valence-electron chi connectivity index (χ0n) is 5.96. The van der Waals surface area contributed by atoms with E-state index in [9.17, 15) is 0 Å². The van der Waals surface area contributed by atoms with Crippen LogP contribution >= 0.6 is 0 Å². The summed E-state index contributed by atoms with van der Waals surface area (Å²) in [5, 5.41) is 0. The highest BCUT2D eigenvalue weighted by Crippen LogP contribution is 2.24. The lowest BCUT2D eigenvalue weighted by Gasteiger charge is -2.27. The van der Waals surface area contributed by atoms with Gasteiger partial charge in [-0.05, 0) is 0 Å². The average Bonchev–Trinajstić information content (AvgIpc) is 1.77. The summed E-state index contributed by atoms with van der Waals surface area (Å²) in [4.78, 5) is 0. The van der Waals surface area contributed by atoms with Crippen LogP contribution in [0.3, 0.4) is 0 Å². The van der Waals surface area contributed by atoms with E-state index in [-0.39, 0.29) is 11.5 Å². The summed E-state index contributed by atoms with van der Waals surface area (Å²) < 4.78 is 0. The van der Waals surface area contributed by atoms with Crippen molar-refractivity contribution in [3.05, 3.63) is 24.3 Å². The van der Waals surface area contributed by atoms with Gasteiger partial charge in [0.1, 0.15) is 0 Å². The van der Waals surface area contributed by atoms with Gasteiger partial charge in [-0.25, -0.2) is 0 Å². The molecule has 0 heterocycles. The van der Waals surface area contributed by atoms with E-state index in [4.69, 9.17) is 5.73 Å². The van der Waals surface area contributed by atoms with Crippen molar-refractivity contribution in [2.75, 3.05) is 0 Å². The van der Waals surface area contributed by atoms with Crippen molar-refractivity contribution in [1.82, 2.24) is 0 Å². The van der Waals surface area contributed by atoms with Crippen LogP contribution in [-0.4, -0.2) is 6.04 Å². The molecule has 1 nitrogen and oxygen atoms in total. The molecule has 0 amide bonds. The minimum atomic E-state index is 0.148. The Balaban J connectivity index is 2.78. The predicted octanol–water partition coefficient (Wildman–Crippen LogP) is 1.47. The molecule has 1 unspecified atom stereocenters. The molecule has 0 bridgehead atoms. The third kappa shape index (κ3) is 1.22. The first-order valence-corrected chi connectivity index (χ1v) is 3.24. The Bertz CT molecular complexity index is 154. The Hall–Kier alpha value is -0.560. The minimum absolute atomic E-state index is 0.148. The van der Waals surface area contributed by atoms with Crippen LogP contribution in [0.25, 0.3) is 0 Å². The fraction of sp³-hybridized carbons (Fsp3) is 0.500. The van der Waals surface area contributed by atoms with Gasteiger partial charge in [-0.3, -0.25) is 0 Å². The summed E-state index contributed by atoms with van der Waals surface area (Å²) >= 11 is 0. The van der Waals surface area contributed by atoms with Crippen LogP contribution in [-0.2, 0) is 0 Å². The average molecular weight is 123 g/mol. The van der Waals surface area contributed by atoms with Gasteiger partial charge in [0.25, 0.3) is 0 Å². The molecule has 9 heavy (non-hydrogen) atoms. The maximum atomic E-state index is 5.77. The SMILES string of the molecule is CC1(C)C=CC=CC1N. The van der Waals surface area contributed by atoms with Gasteiger partial charge in [0.05, 0.1) is 0 Å². The zero-order valence-corrected chi connectivity index (χ0v) is 5.96. The number of nitrogens with two attached hydrogens (primary N) is 1. The molecule has 0 saturated heterocycles. The Morgan fingerprint density at radius 1 is 1.33 bits per heavy atom. The summed E-state index contributed by atoms with van der Waals surface area (Å²) in [6.07, 6.45) is 8.21. The molecule has 0 fully saturated rings. The van der Waals surface area contributed by atoms with Crippen LogP contribution in [0, 0.1) is 5.41 Å². The molecule has 1 atom stereocenters. The maximum Gasteiger partial charge on any atom is 0.0314 e. The first-order chi connectivity index (χ1) is 4.13. The molecule has 1 heteroatoms. The van der Waals surface area contributed by atoms with E-state index in [0.29, 0.717) is 0 Å². The highest BCUT2D eigenvalue weighted by Gasteiger charge is 2.21. The molecule has 0 spiro atoms. The molecular weight excluding hydrogens is 110 g/mol. The quantitative estimate of drug-likeness (QED) is 0.518. The lowest BCUT2D eigenvalue weighted by Crippen LogP contribution is -2.34. The largest absolute Gasteiger partial charge is 0.324 e. The lowest BCUT2D eigenvalue weighted by molar-refractivity contribution is 0.420. The van der Waals surface area contributed by atoms with Crippen LogP contribution in [0.2, 0.25) is 0 Å². The Morgan fingerprint density at radius 2 is 2.00 bits per heavy atom. The van der Waals surface area contributed by atoms with Crippen molar-refractivity contribution in [2.45, 2.75) is 19.9 Å². The summed E-state index contributed by atoms with van der Waals surface area (Å²) in [5.41, 5.74) is 5.92. The molecule has 0 aliphatic heterocycles. The Morgan fingerprint density at radius 3 is 2.33 bits per heavy atom. The monoisotopic (exact) mass is 123 g/mol. The standard InChI is InChI=1S/C8H13N/c1-8(2)6-4-3-5-7(8)9/h3-7H,9H2,1-2H3. The second-order valence-corrected chi connectivity index (χ2v) is 3.09. The zero-order chi connectivity index (χ0) is 6.91. The van der Waals surface area contributed by atoms with Gasteiger partial charge in [-0.1, -0.05) is 38.2 Å². The first kappa shape index (κ1) is 6.56. The van der Waals surface area contributed by atoms with Crippen LogP contribution < -0.4 is 5.73 Å². The van der Waals surface area contributed by atoms with E-state index < -0.39 is 0 Å². The van der Waals surface area contributed by atoms with Crippen molar-refractivity contribution in [3.8, 4) is 0 Å². The fourth-order valence-corrected chi connectivity index (χ4v) is 0.847. The number of allylic oxidation sites excluding steroid dienone is 2. The summed E-state index contributed by atoms with van der Waals surface area (Å²) in [6, 6.07) is 0.183. The number of hydrogen-bond donors (Lipinski definition) is 1. The maximum absolute atomic E-state index is 5.77. The number of rotatable bonds is 0. The van der Waals surface area contributed by atoms with Gasteiger partial charge in [0.2, 0.25) is 0 Å². The van der Waals surface area contributed by atoms with Crippen molar-refractivity contribution in [2.24, 2.45) is 11.1 Å². The van der Waals surface area contributed by atoms with Crippen LogP contribution in [0.4, 0.5) is 0 Å². The van der Waals surface area contributed by atoms with E-state index in [1.54, 1.807) is 0 Å². The normalized spacial score (nSPS) is 30.8. The van der Waals surface area contributed by atoms with Crippen LogP contribution in [0.1, 0.15) is 13.8 Å². The molecule has 1 aliphatic rings. The smallest absolute Gasteiger partial charge is 0.0314 e. The summed E-state index contributed by atoms with van der Waals surface area (Å²) in [7, 11) is 0. The molecular formula is C8H13N. The van der Waals surface area contributed by atoms with E-state index >= 15 is 0 Å². The van der Waals surface area contributed by atoms with Gasteiger partial charge in [0.15, 0.2) is 0 Å². The molecule has 0 saturated carbocycles. The second-order valence-electron chi connectivity index (χ2n) is 3.09. The second kappa shape index (κ2) is 1.99. The first-order valence-electron chi connectivity index (χ1n) is 3.24. The minimum Gasteiger partial charge on any atom is -0.324 e. The van der Waals surface area contributed by atoms with Gasteiger partial charge < -0.3 is 5.73 Å². The topological polar surface area (TPSA) is 26.0 Å². The summed E-state index contributed by atoms with van der Waals surface area (Å²) in [5.74, 6) is 0. The van der Waals surface area contributed by atoms with Gasteiger partial charge >= 0.3 is 0 Å². The van der Waals surface area contributed by atoms with E-state index in [0.717, 1.165) is 0 Å². The van der Waals surface area contributed by atoms with E-state index in [1.165, 1.54) is 0 Å². The van der Waals surface area contributed by atoms with E-state index in [2.05, 4.69) is 19.9 Å². The fourth-order valence-electron chi connectivity index (χ4n) is 0.847. The summed E-state index contributed by atoms with van der Waals surface area (Å²) in [6.45, 7) is 4.27. The molecule has 1 aliphatic carbocycles. The van der Waals surface area contributed by atoms with Gasteiger partial charge in [-0.15, -0.1) is 0 Å². The number of hydrogen-bond acceptors (Lipinski definition) is 1. The van der Waals surface area contributed by atoms with Gasteiger partial charge in [-0.2, -0.15) is 0 Å². The van der Waals surface area contributed by atoms with Crippen molar-refractivity contribution in [1.29, 1.82) is 0 Å². The molecule has 0 radical (unpaired) electrons. The van der Waals surface area contributed by atoms with Crippen LogP contribution in [0.15, 0.2) is 24.3 Å². The van der Waals surface area contributed by atoms with Crippen molar-refractivity contribution >= 4 is 0 Å². The molecule has 0 aromatic heterocycles. The third-order valence-corrected chi connectivity index (χ3v) is 1.81. The molecule has 2 N–H and O–H groups in total. The molecule has 0 aromatic rings. The predicted molar refractivity (Wildman–Crippen MR) is 40.0 cm³/mol.